The summed E-state index contributed by atoms with van der Waals surface area (Å²) in [5.41, 5.74) is 10.9. The summed E-state index contributed by atoms with van der Waals surface area (Å²) in [6, 6.07) is 29.3. The Hall–Kier alpha value is -3.40. The molecule has 0 saturated heterocycles. The first-order valence-corrected chi connectivity index (χ1v) is 12.1. The molecule has 0 radical (unpaired) electrons. The summed E-state index contributed by atoms with van der Waals surface area (Å²) in [5.74, 6) is 0. The van der Waals surface area contributed by atoms with Crippen molar-refractivity contribution < 1.29 is 42.5 Å². The van der Waals surface area contributed by atoms with Gasteiger partial charge < -0.3 is 10.3 Å². The van der Waals surface area contributed by atoms with E-state index in [1.165, 1.54) is 6.07 Å². The number of nitrogens with two attached hydrogens (primary N) is 1. The number of anilines is 1. The van der Waals surface area contributed by atoms with E-state index in [9.17, 15) is 13.0 Å². The van der Waals surface area contributed by atoms with Crippen LogP contribution in [0.3, 0.4) is 0 Å². The second-order valence-electron chi connectivity index (χ2n) is 7.82. The van der Waals surface area contributed by atoms with Crippen LogP contribution in [-0.4, -0.2) is 18.0 Å². The Morgan fingerprint density at radius 1 is 0.750 bits per heavy atom. The fourth-order valence-electron chi connectivity index (χ4n) is 3.93. The molecule has 1 heterocycles. The largest absolute Gasteiger partial charge is 1.00 e. The third kappa shape index (κ3) is 5.23. The summed E-state index contributed by atoms with van der Waals surface area (Å²) < 4.78 is 35.4. The van der Waals surface area contributed by atoms with Crippen LogP contribution in [-0.2, 0) is 10.1 Å². The molecule has 0 aliphatic rings. The van der Waals surface area contributed by atoms with Gasteiger partial charge in [-0.3, -0.25) is 4.98 Å². The van der Waals surface area contributed by atoms with Crippen molar-refractivity contribution in [2.24, 2.45) is 10.2 Å². The third-order valence-electron chi connectivity index (χ3n) is 5.60. The first-order chi connectivity index (χ1) is 16.9. The molecule has 5 aromatic rings. The molecule has 9 heteroatoms. The molecule has 5 rings (SSSR count). The summed E-state index contributed by atoms with van der Waals surface area (Å²) >= 11 is 0. The predicted octanol–water partition coefficient (Wildman–Crippen LogP) is 3.47. The van der Waals surface area contributed by atoms with Crippen molar-refractivity contribution in [2.75, 3.05) is 5.73 Å². The van der Waals surface area contributed by atoms with Crippen LogP contribution in [0.25, 0.3) is 33.2 Å². The van der Waals surface area contributed by atoms with Crippen LogP contribution in [0.4, 0.5) is 17.1 Å². The van der Waals surface area contributed by atoms with Crippen molar-refractivity contribution in [3.63, 3.8) is 0 Å². The number of aromatic nitrogens is 1. The standard InChI is InChI=1S/C27H20N4O3S.Na/c28-27-23-13-7-6-12-22(23)26(35(32,33)34)16-25(27)31-30-19-14-15-24(29-17-19)21-11-5-4-10-20(21)18-8-2-1-3-9-18;/h1-17H,28H2,(H,32,33,34);/q;+1/p-1. The molecule has 0 aliphatic carbocycles. The monoisotopic (exact) mass is 502 g/mol. The van der Waals surface area contributed by atoms with E-state index in [4.69, 9.17) is 5.73 Å². The SMILES string of the molecule is Nc1c(N=Nc2ccc(-c3ccccc3-c3ccccc3)nc2)cc(S(=O)(=O)[O-])c2ccccc12.[Na+]. The number of azo groups is 1. The number of rotatable bonds is 5. The van der Waals surface area contributed by atoms with Gasteiger partial charge in [-0.25, -0.2) is 8.42 Å². The molecule has 7 nitrogen and oxygen atoms in total. The Kier molecular flexibility index (Phi) is 7.63. The fourth-order valence-corrected chi connectivity index (χ4v) is 4.64. The van der Waals surface area contributed by atoms with Gasteiger partial charge in [0.1, 0.15) is 21.5 Å². The van der Waals surface area contributed by atoms with Crippen molar-refractivity contribution in [3.8, 4) is 22.4 Å². The third-order valence-corrected chi connectivity index (χ3v) is 6.48. The Morgan fingerprint density at radius 3 is 2.06 bits per heavy atom. The maximum Gasteiger partial charge on any atom is 1.00 e. The van der Waals surface area contributed by atoms with E-state index in [2.05, 4.69) is 15.2 Å². The van der Waals surface area contributed by atoms with Crippen LogP contribution in [0.1, 0.15) is 0 Å². The van der Waals surface area contributed by atoms with Gasteiger partial charge in [-0.05, 0) is 29.3 Å². The van der Waals surface area contributed by atoms with Crippen molar-refractivity contribution in [2.45, 2.75) is 4.90 Å². The minimum absolute atomic E-state index is 0. The fraction of sp³-hybridized carbons (Fsp3) is 0. The van der Waals surface area contributed by atoms with Gasteiger partial charge in [0.2, 0.25) is 0 Å². The normalized spacial score (nSPS) is 11.5. The number of hydrogen-bond donors (Lipinski definition) is 1. The van der Waals surface area contributed by atoms with Gasteiger partial charge in [-0.15, -0.1) is 10.2 Å². The molecule has 0 atom stereocenters. The van der Waals surface area contributed by atoms with Crippen LogP contribution in [0.15, 0.2) is 118 Å². The number of nitrogens with zero attached hydrogens (tertiary/aromatic N) is 3. The molecular weight excluding hydrogens is 483 g/mol. The molecule has 1 aromatic heterocycles. The Labute approximate surface area is 230 Å². The van der Waals surface area contributed by atoms with Crippen LogP contribution >= 0.6 is 0 Å². The van der Waals surface area contributed by atoms with Gasteiger partial charge in [0.15, 0.2) is 0 Å². The summed E-state index contributed by atoms with van der Waals surface area (Å²) in [5, 5.41) is 8.97. The van der Waals surface area contributed by atoms with E-state index in [-0.39, 0.29) is 51.2 Å². The number of fused-ring (bicyclic) bond motifs is 1. The maximum atomic E-state index is 11.8. The van der Waals surface area contributed by atoms with Crippen molar-refractivity contribution in [1.82, 2.24) is 4.98 Å². The van der Waals surface area contributed by atoms with E-state index < -0.39 is 10.1 Å². The predicted molar refractivity (Wildman–Crippen MR) is 136 cm³/mol. The minimum Gasteiger partial charge on any atom is -0.744 e. The maximum absolute atomic E-state index is 11.8. The zero-order chi connectivity index (χ0) is 24.4. The molecule has 0 aliphatic heterocycles. The molecule has 0 unspecified atom stereocenters. The molecule has 2 N–H and O–H groups in total. The van der Waals surface area contributed by atoms with Crippen LogP contribution in [0.2, 0.25) is 0 Å². The van der Waals surface area contributed by atoms with Crippen molar-refractivity contribution in [1.29, 1.82) is 0 Å². The van der Waals surface area contributed by atoms with Gasteiger partial charge in [0.05, 0.1) is 22.5 Å². The minimum atomic E-state index is -4.73. The van der Waals surface area contributed by atoms with E-state index >= 15 is 0 Å². The molecule has 0 saturated carbocycles. The molecule has 172 valence electrons. The molecular formula is C27H19N4NaO3S. The zero-order valence-electron chi connectivity index (χ0n) is 19.4. The number of hydrogen-bond acceptors (Lipinski definition) is 7. The zero-order valence-corrected chi connectivity index (χ0v) is 22.2. The summed E-state index contributed by atoms with van der Waals surface area (Å²) in [6.45, 7) is 0. The summed E-state index contributed by atoms with van der Waals surface area (Å²) in [4.78, 5) is 4.16. The molecule has 4 aromatic carbocycles. The Bertz CT molecular complexity index is 1670. The van der Waals surface area contributed by atoms with Gasteiger partial charge >= 0.3 is 29.6 Å². The van der Waals surface area contributed by atoms with Gasteiger partial charge in [0.25, 0.3) is 0 Å². The van der Waals surface area contributed by atoms with Gasteiger partial charge in [-0.1, -0.05) is 78.9 Å². The molecule has 0 spiro atoms. The number of nitrogen functional groups attached to an aromatic ring is 1. The van der Waals surface area contributed by atoms with Crippen LogP contribution in [0.5, 0.6) is 0 Å². The molecule has 36 heavy (non-hydrogen) atoms. The first kappa shape index (κ1) is 25.7. The molecule has 0 fully saturated rings. The second-order valence-corrected chi connectivity index (χ2v) is 9.17. The second kappa shape index (κ2) is 10.7. The van der Waals surface area contributed by atoms with Crippen LogP contribution in [0, 0.1) is 0 Å². The molecule has 0 amide bonds. The summed E-state index contributed by atoms with van der Waals surface area (Å²) in [7, 11) is -4.73. The van der Waals surface area contributed by atoms with Crippen molar-refractivity contribution >= 4 is 38.0 Å². The van der Waals surface area contributed by atoms with Gasteiger partial charge in [0, 0.05) is 16.3 Å². The van der Waals surface area contributed by atoms with Crippen LogP contribution < -0.4 is 35.3 Å². The average Bonchev–Trinajstić information content (AvgIpc) is 2.88. The quantitative estimate of drug-likeness (QED) is 0.171. The molecule has 0 bridgehead atoms. The average molecular weight is 503 g/mol. The number of benzene rings is 4. The van der Waals surface area contributed by atoms with E-state index in [1.807, 2.05) is 60.7 Å². The Balaban J connectivity index is 0.00000304. The Morgan fingerprint density at radius 2 is 1.39 bits per heavy atom. The smallest absolute Gasteiger partial charge is 0.744 e. The first-order valence-electron chi connectivity index (χ1n) is 10.7. The van der Waals surface area contributed by atoms with E-state index in [0.717, 1.165) is 28.5 Å². The summed E-state index contributed by atoms with van der Waals surface area (Å²) in [6.07, 6.45) is 1.57. The topological polar surface area (TPSA) is 121 Å². The van der Waals surface area contributed by atoms with Crippen molar-refractivity contribution in [3.05, 3.63) is 103 Å². The number of pyridine rings is 1. The van der Waals surface area contributed by atoms with E-state index in [0.29, 0.717) is 11.1 Å². The van der Waals surface area contributed by atoms with E-state index in [1.54, 1.807) is 30.5 Å². The van der Waals surface area contributed by atoms with Gasteiger partial charge in [-0.2, -0.15) is 0 Å².